The molecule has 2 unspecified atom stereocenters. The van der Waals surface area contributed by atoms with Gasteiger partial charge in [-0.3, -0.25) is 4.90 Å². The van der Waals surface area contributed by atoms with Gasteiger partial charge in [0.25, 0.3) is 0 Å². The number of hydrogen-bond acceptors (Lipinski definition) is 4. The van der Waals surface area contributed by atoms with E-state index in [-0.39, 0.29) is 0 Å². The van der Waals surface area contributed by atoms with Gasteiger partial charge in [-0.15, -0.1) is 0 Å². The van der Waals surface area contributed by atoms with Gasteiger partial charge in [0.2, 0.25) is 0 Å². The number of rotatable bonds is 8. The molecule has 1 fully saturated rings. The molecule has 1 aliphatic rings. The Balaban J connectivity index is 2.35. The Hall–Kier alpha value is -0.160. The molecule has 2 N–H and O–H groups in total. The summed E-state index contributed by atoms with van der Waals surface area (Å²) >= 11 is 0. The van der Waals surface area contributed by atoms with Crippen molar-refractivity contribution in [1.82, 2.24) is 10.2 Å². The Morgan fingerprint density at radius 1 is 1.50 bits per heavy atom. The normalized spacial score (nSPS) is 23.8. The van der Waals surface area contributed by atoms with Crippen LogP contribution in [0.15, 0.2) is 0 Å². The fraction of sp³-hybridized carbons (Fsp3) is 1.00. The van der Waals surface area contributed by atoms with Crippen LogP contribution in [0.3, 0.4) is 0 Å². The van der Waals surface area contributed by atoms with Crippen LogP contribution in [0.2, 0.25) is 0 Å². The second kappa shape index (κ2) is 7.43. The summed E-state index contributed by atoms with van der Waals surface area (Å²) in [5.41, 5.74) is -0.682. The lowest BCUT2D eigenvalue weighted by molar-refractivity contribution is 0.00158. The van der Waals surface area contributed by atoms with Gasteiger partial charge in [-0.05, 0) is 26.3 Å². The van der Waals surface area contributed by atoms with Crippen LogP contribution in [0.1, 0.15) is 40.5 Å². The van der Waals surface area contributed by atoms with Crippen molar-refractivity contribution in [3.63, 3.8) is 0 Å². The number of hydrogen-bond donors (Lipinski definition) is 2. The summed E-state index contributed by atoms with van der Waals surface area (Å²) in [4.78, 5) is 2.29. The molecule has 4 nitrogen and oxygen atoms in total. The van der Waals surface area contributed by atoms with Crippen molar-refractivity contribution in [2.45, 2.75) is 58.3 Å². The number of aliphatic hydroxyl groups is 1. The first-order valence-electron chi connectivity index (χ1n) is 7.22. The van der Waals surface area contributed by atoms with Crippen molar-refractivity contribution in [3.05, 3.63) is 0 Å². The van der Waals surface area contributed by atoms with Crippen LogP contribution < -0.4 is 5.32 Å². The standard InChI is InChI=1S/C14H30N2O2/c1-5-16(9-13-7-6-8-18-13)11-14(4,17)10-15-12(2)3/h12-13,15,17H,5-11H2,1-4H3. The van der Waals surface area contributed by atoms with Gasteiger partial charge >= 0.3 is 0 Å². The van der Waals surface area contributed by atoms with E-state index in [1.165, 1.54) is 6.42 Å². The zero-order valence-corrected chi connectivity index (χ0v) is 12.4. The molecule has 0 radical (unpaired) electrons. The smallest absolute Gasteiger partial charge is 0.0869 e. The molecule has 0 aromatic carbocycles. The van der Waals surface area contributed by atoms with E-state index in [0.29, 0.717) is 25.2 Å². The summed E-state index contributed by atoms with van der Waals surface area (Å²) in [7, 11) is 0. The molecule has 18 heavy (non-hydrogen) atoms. The molecule has 1 heterocycles. The highest BCUT2D eigenvalue weighted by molar-refractivity contribution is 4.82. The van der Waals surface area contributed by atoms with E-state index in [9.17, 15) is 5.11 Å². The van der Waals surface area contributed by atoms with Crippen molar-refractivity contribution >= 4 is 0 Å². The molecule has 0 aromatic rings. The van der Waals surface area contributed by atoms with Gasteiger partial charge in [-0.1, -0.05) is 20.8 Å². The van der Waals surface area contributed by atoms with Crippen LogP contribution >= 0.6 is 0 Å². The average Bonchev–Trinajstić information content (AvgIpc) is 2.78. The Morgan fingerprint density at radius 2 is 2.22 bits per heavy atom. The second-order valence-corrected chi connectivity index (χ2v) is 6.00. The largest absolute Gasteiger partial charge is 0.388 e. The van der Waals surface area contributed by atoms with Gasteiger partial charge in [-0.25, -0.2) is 0 Å². The molecule has 0 bridgehead atoms. The number of nitrogens with zero attached hydrogens (tertiary/aromatic N) is 1. The highest BCUT2D eigenvalue weighted by Gasteiger charge is 2.26. The van der Waals surface area contributed by atoms with E-state index >= 15 is 0 Å². The van der Waals surface area contributed by atoms with Gasteiger partial charge in [0, 0.05) is 32.3 Å². The van der Waals surface area contributed by atoms with E-state index in [2.05, 4.69) is 31.0 Å². The predicted molar refractivity (Wildman–Crippen MR) is 74.9 cm³/mol. The summed E-state index contributed by atoms with van der Waals surface area (Å²) < 4.78 is 5.66. The van der Waals surface area contributed by atoms with Crippen LogP contribution in [0, 0.1) is 0 Å². The van der Waals surface area contributed by atoms with E-state index in [1.807, 2.05) is 6.92 Å². The van der Waals surface area contributed by atoms with Crippen LogP contribution in [0.25, 0.3) is 0 Å². The van der Waals surface area contributed by atoms with Gasteiger partial charge in [0.05, 0.1) is 11.7 Å². The predicted octanol–water partition coefficient (Wildman–Crippen LogP) is 1.24. The summed E-state index contributed by atoms with van der Waals surface area (Å²) in [6.07, 6.45) is 2.69. The topological polar surface area (TPSA) is 44.7 Å². The first-order chi connectivity index (χ1) is 8.43. The third kappa shape index (κ3) is 6.14. The third-order valence-electron chi connectivity index (χ3n) is 3.39. The number of likely N-dealkylation sites (N-methyl/N-ethyl adjacent to an activating group) is 1. The Morgan fingerprint density at radius 3 is 2.72 bits per heavy atom. The third-order valence-corrected chi connectivity index (χ3v) is 3.39. The molecule has 1 rings (SSSR count). The van der Waals surface area contributed by atoms with Gasteiger partial charge in [0.15, 0.2) is 0 Å². The summed E-state index contributed by atoms with van der Waals surface area (Å²) in [5, 5.41) is 13.7. The monoisotopic (exact) mass is 258 g/mol. The van der Waals surface area contributed by atoms with Gasteiger partial charge < -0.3 is 15.2 Å². The van der Waals surface area contributed by atoms with Crippen LogP contribution in [0.4, 0.5) is 0 Å². The number of nitrogens with one attached hydrogen (secondary N) is 1. The number of ether oxygens (including phenoxy) is 1. The van der Waals surface area contributed by atoms with Gasteiger partial charge in [0.1, 0.15) is 0 Å². The average molecular weight is 258 g/mol. The van der Waals surface area contributed by atoms with E-state index in [1.54, 1.807) is 0 Å². The maximum Gasteiger partial charge on any atom is 0.0869 e. The molecule has 0 aromatic heterocycles. The highest BCUT2D eigenvalue weighted by Crippen LogP contribution is 2.15. The lowest BCUT2D eigenvalue weighted by Crippen LogP contribution is -2.50. The molecule has 108 valence electrons. The first-order valence-corrected chi connectivity index (χ1v) is 7.22. The minimum Gasteiger partial charge on any atom is -0.388 e. The lowest BCUT2D eigenvalue weighted by atomic mass is 10.1. The molecular formula is C14H30N2O2. The van der Waals surface area contributed by atoms with Crippen molar-refractivity contribution in [2.75, 3.05) is 32.8 Å². The molecule has 1 saturated heterocycles. The molecule has 2 atom stereocenters. The van der Waals surface area contributed by atoms with E-state index in [0.717, 1.165) is 26.1 Å². The summed E-state index contributed by atoms with van der Waals surface area (Å²) in [6.45, 7) is 12.4. The lowest BCUT2D eigenvalue weighted by Gasteiger charge is -2.33. The van der Waals surface area contributed by atoms with Crippen LogP contribution in [-0.2, 0) is 4.74 Å². The molecule has 0 saturated carbocycles. The first kappa shape index (κ1) is 15.9. The quantitative estimate of drug-likeness (QED) is 0.687. The minimum atomic E-state index is -0.682. The maximum atomic E-state index is 10.4. The molecular weight excluding hydrogens is 228 g/mol. The van der Waals surface area contributed by atoms with Crippen molar-refractivity contribution < 1.29 is 9.84 Å². The van der Waals surface area contributed by atoms with Gasteiger partial charge in [-0.2, -0.15) is 0 Å². The fourth-order valence-electron chi connectivity index (χ4n) is 2.34. The second-order valence-electron chi connectivity index (χ2n) is 6.00. The molecule has 1 aliphatic heterocycles. The maximum absolute atomic E-state index is 10.4. The van der Waals surface area contributed by atoms with Crippen molar-refractivity contribution in [3.8, 4) is 0 Å². The minimum absolute atomic E-state index is 0.360. The fourth-order valence-corrected chi connectivity index (χ4v) is 2.34. The van der Waals surface area contributed by atoms with Crippen LogP contribution in [0.5, 0.6) is 0 Å². The Bertz CT molecular complexity index is 226. The van der Waals surface area contributed by atoms with Crippen molar-refractivity contribution in [2.24, 2.45) is 0 Å². The van der Waals surface area contributed by atoms with E-state index in [4.69, 9.17) is 4.74 Å². The summed E-state index contributed by atoms with van der Waals surface area (Å²) in [6, 6.07) is 0.407. The zero-order chi connectivity index (χ0) is 13.6. The van der Waals surface area contributed by atoms with Crippen LogP contribution in [-0.4, -0.2) is 60.5 Å². The molecule has 4 heteroatoms. The SMILES string of the molecule is CCN(CC1CCCO1)CC(C)(O)CNC(C)C. The molecule has 0 amide bonds. The summed E-state index contributed by atoms with van der Waals surface area (Å²) in [5.74, 6) is 0. The molecule has 0 spiro atoms. The van der Waals surface area contributed by atoms with E-state index < -0.39 is 5.60 Å². The molecule has 0 aliphatic carbocycles. The highest BCUT2D eigenvalue weighted by atomic mass is 16.5. The van der Waals surface area contributed by atoms with Crippen molar-refractivity contribution in [1.29, 1.82) is 0 Å². The Labute approximate surface area is 112 Å². The Kier molecular flexibility index (Phi) is 6.57. The zero-order valence-electron chi connectivity index (χ0n) is 12.4.